The maximum absolute atomic E-state index is 13.4. The lowest BCUT2D eigenvalue weighted by Crippen LogP contribution is -2.58. The zero-order valence-electron chi connectivity index (χ0n) is 19.8. The molecule has 2 aromatic rings. The number of nitrogens with two attached hydrogens (primary N) is 1. The predicted octanol–water partition coefficient (Wildman–Crippen LogP) is 2.23. The molecule has 4 rings (SSSR count). The normalized spacial score (nSPS) is 20.2. The van der Waals surface area contributed by atoms with E-state index in [0.717, 1.165) is 17.7 Å². The van der Waals surface area contributed by atoms with Crippen LogP contribution >= 0.6 is 0 Å². The molecule has 37 heavy (non-hydrogen) atoms. The van der Waals surface area contributed by atoms with Crippen LogP contribution in [0, 0.1) is 5.41 Å². The van der Waals surface area contributed by atoms with Crippen LogP contribution in [0.4, 0.5) is 18.0 Å². The number of pyridine rings is 1. The molecular weight excluding hydrogens is 495 g/mol. The Balaban J connectivity index is 1.54. The molecule has 0 saturated carbocycles. The van der Waals surface area contributed by atoms with E-state index in [1.165, 1.54) is 16.0 Å². The van der Waals surface area contributed by atoms with E-state index >= 15 is 0 Å². The summed E-state index contributed by atoms with van der Waals surface area (Å²) in [4.78, 5) is 42.9. The van der Waals surface area contributed by atoms with Gasteiger partial charge in [-0.25, -0.2) is 14.8 Å². The molecule has 1 aromatic carbocycles. The topological polar surface area (TPSA) is 127 Å². The van der Waals surface area contributed by atoms with Crippen LogP contribution in [0.3, 0.4) is 0 Å². The highest BCUT2D eigenvalue weighted by molar-refractivity contribution is 6.13. The van der Waals surface area contributed by atoms with Gasteiger partial charge in [-0.05, 0) is 18.1 Å². The van der Waals surface area contributed by atoms with Crippen molar-refractivity contribution in [3.05, 3.63) is 59.8 Å². The van der Waals surface area contributed by atoms with Crippen LogP contribution in [-0.4, -0.2) is 71.4 Å². The summed E-state index contributed by atoms with van der Waals surface area (Å²) >= 11 is 0. The van der Waals surface area contributed by atoms with Gasteiger partial charge in [0.2, 0.25) is 12.0 Å². The van der Waals surface area contributed by atoms with Gasteiger partial charge in [0, 0.05) is 32.6 Å². The standard InChI is InChI=1S/C24H24F3N5O5/c1-31-21(34)23(12-15-6-3-2-4-7-15)14-32(11-10-17(23)30-31)20(33)16(37-22(28)35)13-36-19-9-5-8-18(29-19)24(25,26)27/h2-9,16H,10-14H2,1H3,(H2,28,35)/t16-,23-/m1/s1. The minimum atomic E-state index is -4.70. The molecule has 0 spiro atoms. The van der Waals surface area contributed by atoms with Gasteiger partial charge in [-0.1, -0.05) is 36.4 Å². The maximum atomic E-state index is 13.4. The Kier molecular flexibility index (Phi) is 7.05. The lowest BCUT2D eigenvalue weighted by Gasteiger charge is -2.40. The molecule has 1 saturated heterocycles. The molecule has 0 bridgehead atoms. The molecule has 2 N–H and O–H groups in total. The van der Waals surface area contributed by atoms with Gasteiger partial charge in [-0.15, -0.1) is 0 Å². The fourth-order valence-electron chi connectivity index (χ4n) is 4.53. The van der Waals surface area contributed by atoms with Crippen LogP contribution in [0.1, 0.15) is 17.7 Å². The Morgan fingerprint density at radius 1 is 1.16 bits per heavy atom. The highest BCUT2D eigenvalue weighted by atomic mass is 19.4. The van der Waals surface area contributed by atoms with E-state index in [1.54, 1.807) is 7.05 Å². The highest BCUT2D eigenvalue weighted by Gasteiger charge is 2.54. The number of piperidine rings is 1. The molecule has 0 radical (unpaired) electrons. The minimum Gasteiger partial charge on any atom is -0.473 e. The Morgan fingerprint density at radius 3 is 2.57 bits per heavy atom. The lowest BCUT2D eigenvalue weighted by atomic mass is 9.73. The van der Waals surface area contributed by atoms with Crippen molar-refractivity contribution >= 4 is 23.6 Å². The number of amides is 3. The highest BCUT2D eigenvalue weighted by Crippen LogP contribution is 2.38. The number of halogens is 3. The summed E-state index contributed by atoms with van der Waals surface area (Å²) in [6.07, 6.45) is -6.94. The van der Waals surface area contributed by atoms with E-state index in [1.807, 2.05) is 30.3 Å². The lowest BCUT2D eigenvalue weighted by molar-refractivity contribution is -0.146. The Hall–Kier alpha value is -4.16. The van der Waals surface area contributed by atoms with E-state index in [4.69, 9.17) is 15.2 Å². The number of alkyl halides is 3. The summed E-state index contributed by atoms with van der Waals surface area (Å²) in [5, 5.41) is 5.64. The number of nitrogens with zero attached hydrogens (tertiary/aromatic N) is 4. The molecule has 2 aliphatic heterocycles. The molecular formula is C24H24F3N5O5. The van der Waals surface area contributed by atoms with E-state index in [-0.39, 0.29) is 19.0 Å². The van der Waals surface area contributed by atoms with E-state index in [9.17, 15) is 27.6 Å². The number of hydrazone groups is 1. The van der Waals surface area contributed by atoms with E-state index in [0.29, 0.717) is 18.6 Å². The fraction of sp³-hybridized carbons (Fsp3) is 0.375. The number of primary amides is 1. The largest absolute Gasteiger partial charge is 0.473 e. The predicted molar refractivity (Wildman–Crippen MR) is 123 cm³/mol. The second-order valence-electron chi connectivity index (χ2n) is 8.73. The van der Waals surface area contributed by atoms with Gasteiger partial charge in [-0.2, -0.15) is 18.3 Å². The van der Waals surface area contributed by atoms with Crippen molar-refractivity contribution in [2.75, 3.05) is 26.7 Å². The fourth-order valence-corrected chi connectivity index (χ4v) is 4.53. The van der Waals surface area contributed by atoms with Gasteiger partial charge in [0.15, 0.2) is 0 Å². The minimum absolute atomic E-state index is 0.0385. The quantitative estimate of drug-likeness (QED) is 0.598. The summed E-state index contributed by atoms with van der Waals surface area (Å²) in [6.45, 7) is -0.494. The van der Waals surface area contributed by atoms with Crippen LogP contribution < -0.4 is 10.5 Å². The third kappa shape index (κ3) is 5.49. The van der Waals surface area contributed by atoms with Crippen molar-refractivity contribution in [3.63, 3.8) is 0 Å². The molecule has 0 aliphatic carbocycles. The molecule has 3 amide bonds. The Morgan fingerprint density at radius 2 is 1.89 bits per heavy atom. The van der Waals surface area contributed by atoms with Gasteiger partial charge in [0.1, 0.15) is 17.7 Å². The van der Waals surface area contributed by atoms with Gasteiger partial charge in [0.05, 0.1) is 5.71 Å². The number of hydrogen-bond donors (Lipinski definition) is 1. The number of likely N-dealkylation sites (tertiary alicyclic amines) is 1. The zero-order valence-corrected chi connectivity index (χ0v) is 19.8. The molecule has 1 aromatic heterocycles. The zero-order chi connectivity index (χ0) is 26.8. The van der Waals surface area contributed by atoms with E-state index < -0.39 is 47.9 Å². The number of benzene rings is 1. The Bertz CT molecular complexity index is 1220. The number of carbonyl (C=O) groups excluding carboxylic acids is 3. The number of fused-ring (bicyclic) bond motifs is 1. The number of hydrogen-bond acceptors (Lipinski definition) is 7. The van der Waals surface area contributed by atoms with Crippen LogP contribution in [-0.2, 0) is 26.9 Å². The van der Waals surface area contributed by atoms with Crippen molar-refractivity contribution < 1.29 is 37.0 Å². The van der Waals surface area contributed by atoms with Gasteiger partial charge < -0.3 is 20.1 Å². The molecule has 10 nitrogen and oxygen atoms in total. The van der Waals surface area contributed by atoms with Crippen LogP contribution in [0.5, 0.6) is 5.88 Å². The number of aromatic nitrogens is 1. The SMILES string of the molecule is CN1N=C2CCN(C(=O)[C@@H](COc3cccc(C(F)(F)F)n3)OC(N)=O)C[C@@]2(Cc2ccccc2)C1=O. The second-order valence-corrected chi connectivity index (χ2v) is 8.73. The smallest absolute Gasteiger partial charge is 0.433 e. The second kappa shape index (κ2) is 10.1. The Labute approximate surface area is 209 Å². The average Bonchev–Trinajstić information content (AvgIpc) is 3.10. The van der Waals surface area contributed by atoms with Crippen molar-refractivity contribution in [2.45, 2.75) is 25.1 Å². The first kappa shape index (κ1) is 25.9. The van der Waals surface area contributed by atoms with E-state index in [2.05, 4.69) is 10.1 Å². The molecule has 0 unspecified atom stereocenters. The molecule has 2 atom stereocenters. The summed E-state index contributed by atoms with van der Waals surface area (Å²) < 4.78 is 49.1. The number of ether oxygens (including phenoxy) is 2. The van der Waals surface area contributed by atoms with Gasteiger partial charge in [-0.3, -0.25) is 9.59 Å². The monoisotopic (exact) mass is 519 g/mol. The first-order chi connectivity index (χ1) is 17.5. The summed E-state index contributed by atoms with van der Waals surface area (Å²) in [7, 11) is 1.54. The van der Waals surface area contributed by atoms with Crippen LogP contribution in [0.2, 0.25) is 0 Å². The third-order valence-electron chi connectivity index (χ3n) is 6.20. The van der Waals surface area contributed by atoms with Crippen molar-refractivity contribution in [1.82, 2.24) is 14.9 Å². The van der Waals surface area contributed by atoms with Gasteiger partial charge in [0.25, 0.3) is 11.8 Å². The maximum Gasteiger partial charge on any atom is 0.433 e. The summed E-state index contributed by atoms with van der Waals surface area (Å²) in [5.74, 6) is -1.40. The molecule has 13 heteroatoms. The van der Waals surface area contributed by atoms with Gasteiger partial charge >= 0.3 is 12.3 Å². The van der Waals surface area contributed by atoms with Crippen molar-refractivity contribution in [3.8, 4) is 5.88 Å². The summed E-state index contributed by atoms with van der Waals surface area (Å²) in [6, 6.07) is 12.3. The molecule has 1 fully saturated rings. The number of rotatable bonds is 7. The molecule has 196 valence electrons. The van der Waals surface area contributed by atoms with Crippen LogP contribution in [0.15, 0.2) is 53.6 Å². The summed E-state index contributed by atoms with van der Waals surface area (Å²) in [5.41, 5.74) is 4.36. The number of carbonyl (C=O) groups is 3. The molecule has 3 heterocycles. The van der Waals surface area contributed by atoms with Crippen molar-refractivity contribution in [1.29, 1.82) is 0 Å². The molecule has 2 aliphatic rings. The van der Waals surface area contributed by atoms with Crippen LogP contribution in [0.25, 0.3) is 0 Å². The average molecular weight is 519 g/mol. The van der Waals surface area contributed by atoms with Crippen molar-refractivity contribution in [2.24, 2.45) is 16.3 Å². The first-order valence-electron chi connectivity index (χ1n) is 11.3. The first-order valence-corrected chi connectivity index (χ1v) is 11.3. The third-order valence-corrected chi connectivity index (χ3v) is 6.20.